The Morgan fingerprint density at radius 2 is 1.20 bits per heavy atom. The molecule has 0 aromatic heterocycles. The van der Waals surface area contributed by atoms with Crippen molar-refractivity contribution >= 4 is 19.8 Å². The number of nitrogens with two attached hydrogens (primary N) is 1. The molecule has 0 aliphatic carbocycles. The van der Waals surface area contributed by atoms with Crippen LogP contribution in [0.5, 0.6) is 0 Å². The molecular weight excluding hydrogens is 705 g/mol. The van der Waals surface area contributed by atoms with E-state index in [-0.39, 0.29) is 32.6 Å². The molecule has 1 rings (SSSR count). The Bertz CT molecular complexity index is 1180. The van der Waals surface area contributed by atoms with E-state index < -0.39 is 32.5 Å². The number of phosphoric acid groups is 1. The molecule has 0 spiro atoms. The van der Waals surface area contributed by atoms with Crippen LogP contribution in [0.15, 0.2) is 72.9 Å². The number of unbranched alkanes of at least 4 members (excludes halogenated alkanes) is 9. The fourth-order valence-electron chi connectivity index (χ4n) is 5.33. The van der Waals surface area contributed by atoms with Gasteiger partial charge in [0.15, 0.2) is 6.10 Å². The van der Waals surface area contributed by atoms with Crippen LogP contribution in [0.3, 0.4) is 0 Å². The molecule has 0 radical (unpaired) electrons. The summed E-state index contributed by atoms with van der Waals surface area (Å²) in [5.41, 5.74) is 5.34. The van der Waals surface area contributed by atoms with Gasteiger partial charge in [-0.15, -0.1) is 0 Å². The van der Waals surface area contributed by atoms with E-state index >= 15 is 0 Å². The van der Waals surface area contributed by atoms with Crippen molar-refractivity contribution in [3.05, 3.63) is 72.9 Å². The Balaban J connectivity index is 2.26. The molecule has 1 saturated heterocycles. The number of hydrogen-bond donors (Lipinski definition) is 2. The van der Waals surface area contributed by atoms with Gasteiger partial charge in [0.2, 0.25) is 0 Å². The zero-order valence-corrected chi connectivity index (χ0v) is 34.3. The summed E-state index contributed by atoms with van der Waals surface area (Å²) in [5, 5.41) is 0. The molecule has 0 aromatic rings. The second kappa shape index (κ2) is 34.9. The summed E-state index contributed by atoms with van der Waals surface area (Å²) >= 11 is 0. The lowest BCUT2D eigenvalue weighted by molar-refractivity contribution is -0.161. The number of carbonyl (C=O) groups is 2. The first-order valence-electron chi connectivity index (χ1n) is 20.5. The van der Waals surface area contributed by atoms with Crippen LogP contribution < -0.4 is 5.73 Å². The molecule has 1 aliphatic rings. The highest BCUT2D eigenvalue weighted by Crippen LogP contribution is 2.43. The standard InChI is InChI=1S/C43H72NO9P/c1-3-5-7-9-11-12-13-14-15-16-17-18-21-26-30-34-43(46)52-39(38-51-54(47,48)50-36-35-44)37-49-42(45)33-29-25-22-19-20-24-28-32-41-40(53-41)31-27-23-10-8-6-4-2/h5,7,11-12,14-15,19,22-24,27-28,39-41H,3-4,6,8-10,13,16-18,20-21,25-26,29-38,44H2,1-2H3,(H,47,48)/b7-5-,12-11-,15-14-,22-19-,27-23-,28-24-/t39-,40?,41?/m1/s1. The van der Waals surface area contributed by atoms with Crippen LogP contribution in [-0.4, -0.2) is 61.5 Å². The Morgan fingerprint density at radius 1 is 0.667 bits per heavy atom. The molecule has 1 fully saturated rings. The number of phosphoric ester groups is 1. The molecule has 0 bridgehead atoms. The maximum Gasteiger partial charge on any atom is 0.472 e. The van der Waals surface area contributed by atoms with Gasteiger partial charge < -0.3 is 24.8 Å². The number of rotatable bonds is 36. The normalized spacial score (nSPS) is 17.9. The van der Waals surface area contributed by atoms with Crippen LogP contribution in [0.4, 0.5) is 0 Å². The van der Waals surface area contributed by atoms with Crippen molar-refractivity contribution in [3.8, 4) is 0 Å². The van der Waals surface area contributed by atoms with Crippen LogP contribution in [0.25, 0.3) is 0 Å². The third-order valence-corrected chi connectivity index (χ3v) is 9.46. The maximum atomic E-state index is 12.6. The number of allylic oxidation sites excluding steroid dienone is 10. The largest absolute Gasteiger partial charge is 0.472 e. The van der Waals surface area contributed by atoms with E-state index in [9.17, 15) is 19.0 Å². The SMILES string of the molecule is CC/C=C\C/C=C\C/C=C\CCCCCCCC(=O)O[C@H](COC(=O)CCC/C=C\C/C=C\CC1OC1C/C=C\CCCCC)COP(=O)(O)OCCN. The summed E-state index contributed by atoms with van der Waals surface area (Å²) in [6, 6.07) is 0. The average Bonchev–Trinajstić information content (AvgIpc) is 3.91. The van der Waals surface area contributed by atoms with Gasteiger partial charge >= 0.3 is 19.8 Å². The minimum Gasteiger partial charge on any atom is -0.462 e. The molecule has 4 atom stereocenters. The lowest BCUT2D eigenvalue weighted by atomic mass is 10.1. The van der Waals surface area contributed by atoms with Crippen LogP contribution in [0.1, 0.15) is 142 Å². The monoisotopic (exact) mass is 777 g/mol. The number of ether oxygens (including phenoxy) is 3. The first-order chi connectivity index (χ1) is 26.3. The molecule has 1 aliphatic heterocycles. The van der Waals surface area contributed by atoms with Gasteiger partial charge in [-0.05, 0) is 83.5 Å². The fraction of sp³-hybridized carbons (Fsp3) is 0.674. The third kappa shape index (κ3) is 31.7. The van der Waals surface area contributed by atoms with Gasteiger partial charge in [0.05, 0.1) is 25.4 Å². The lowest BCUT2D eigenvalue weighted by Gasteiger charge is -2.19. The van der Waals surface area contributed by atoms with Gasteiger partial charge in [-0.25, -0.2) is 4.57 Å². The van der Waals surface area contributed by atoms with Gasteiger partial charge in [-0.3, -0.25) is 18.6 Å². The minimum atomic E-state index is -4.40. The molecule has 308 valence electrons. The van der Waals surface area contributed by atoms with Crippen LogP contribution >= 0.6 is 7.82 Å². The number of hydrogen-bond acceptors (Lipinski definition) is 9. The van der Waals surface area contributed by atoms with E-state index in [0.29, 0.717) is 25.0 Å². The topological polar surface area (TPSA) is 147 Å². The highest BCUT2D eigenvalue weighted by atomic mass is 31.2. The van der Waals surface area contributed by atoms with Crippen LogP contribution in [0, 0.1) is 0 Å². The summed E-state index contributed by atoms with van der Waals surface area (Å²) in [6.45, 7) is 3.47. The van der Waals surface area contributed by atoms with Crippen molar-refractivity contribution in [2.24, 2.45) is 5.73 Å². The van der Waals surface area contributed by atoms with Gasteiger partial charge in [0, 0.05) is 19.4 Å². The van der Waals surface area contributed by atoms with Gasteiger partial charge in [0.25, 0.3) is 0 Å². The molecule has 0 aromatic carbocycles. The summed E-state index contributed by atoms with van der Waals surface area (Å²) in [7, 11) is -4.40. The van der Waals surface area contributed by atoms with E-state index in [1.807, 2.05) is 6.08 Å². The van der Waals surface area contributed by atoms with Crippen molar-refractivity contribution in [1.29, 1.82) is 0 Å². The molecule has 3 unspecified atom stereocenters. The number of epoxide rings is 1. The van der Waals surface area contributed by atoms with Gasteiger partial charge in [-0.2, -0.15) is 0 Å². The van der Waals surface area contributed by atoms with E-state index in [2.05, 4.69) is 80.7 Å². The summed E-state index contributed by atoms with van der Waals surface area (Å²) in [5.74, 6) is -0.928. The smallest absolute Gasteiger partial charge is 0.462 e. The molecule has 11 heteroatoms. The molecular formula is C43H72NO9P. The van der Waals surface area contributed by atoms with Crippen molar-refractivity contribution in [3.63, 3.8) is 0 Å². The molecule has 3 N–H and O–H groups in total. The molecule has 0 amide bonds. The molecule has 54 heavy (non-hydrogen) atoms. The average molecular weight is 778 g/mol. The Kier molecular flexibility index (Phi) is 31.9. The maximum absolute atomic E-state index is 12.6. The summed E-state index contributed by atoms with van der Waals surface area (Å²) in [6.07, 6.45) is 43.9. The minimum absolute atomic E-state index is 0.0371. The van der Waals surface area contributed by atoms with E-state index in [0.717, 1.165) is 83.5 Å². The van der Waals surface area contributed by atoms with Crippen LogP contribution in [0.2, 0.25) is 0 Å². The predicted octanol–water partition coefficient (Wildman–Crippen LogP) is 10.5. The second-order valence-corrected chi connectivity index (χ2v) is 15.0. The molecule has 10 nitrogen and oxygen atoms in total. The first-order valence-corrected chi connectivity index (χ1v) is 22.0. The summed E-state index contributed by atoms with van der Waals surface area (Å²) < 4.78 is 38.4. The highest BCUT2D eigenvalue weighted by molar-refractivity contribution is 7.47. The Labute approximate surface area is 326 Å². The zero-order valence-electron chi connectivity index (χ0n) is 33.4. The molecule has 1 heterocycles. The predicted molar refractivity (Wildman–Crippen MR) is 219 cm³/mol. The van der Waals surface area contributed by atoms with Crippen LogP contribution in [-0.2, 0) is 37.4 Å². The summed E-state index contributed by atoms with van der Waals surface area (Å²) in [4.78, 5) is 34.8. The molecule has 0 saturated carbocycles. The zero-order chi connectivity index (χ0) is 39.4. The van der Waals surface area contributed by atoms with Crippen molar-refractivity contribution in [1.82, 2.24) is 0 Å². The first kappa shape index (κ1) is 49.4. The second-order valence-electron chi connectivity index (χ2n) is 13.5. The van der Waals surface area contributed by atoms with Crippen molar-refractivity contribution in [2.45, 2.75) is 161 Å². The van der Waals surface area contributed by atoms with E-state index in [1.165, 1.54) is 19.3 Å². The van der Waals surface area contributed by atoms with E-state index in [4.69, 9.17) is 29.0 Å². The third-order valence-electron chi connectivity index (χ3n) is 8.48. The lowest BCUT2D eigenvalue weighted by Crippen LogP contribution is -2.29. The Hall–Kier alpha value is -2.59. The van der Waals surface area contributed by atoms with Gasteiger partial charge in [-0.1, -0.05) is 119 Å². The fourth-order valence-corrected chi connectivity index (χ4v) is 6.09. The van der Waals surface area contributed by atoms with Crippen molar-refractivity contribution in [2.75, 3.05) is 26.4 Å². The Morgan fingerprint density at radius 3 is 1.87 bits per heavy atom. The van der Waals surface area contributed by atoms with Crippen molar-refractivity contribution < 1.29 is 42.3 Å². The number of esters is 2. The highest BCUT2D eigenvalue weighted by Gasteiger charge is 2.36. The van der Waals surface area contributed by atoms with Gasteiger partial charge in [0.1, 0.15) is 6.61 Å². The quantitative estimate of drug-likeness (QED) is 0.0207. The number of carbonyl (C=O) groups excluding carboxylic acids is 2. The van der Waals surface area contributed by atoms with E-state index in [1.54, 1.807) is 0 Å².